The van der Waals surface area contributed by atoms with Gasteiger partial charge in [0.15, 0.2) is 11.5 Å². The van der Waals surface area contributed by atoms with E-state index in [1.54, 1.807) is 22.7 Å². The standard InChI is InChI=1S/C18H18Cl2N6O/c1-11-22-23-16-6-7-17(24-26(11)16)25-8-2-3-12(10-25)18(27)21-15-9-13(19)4-5-14(15)20/h4-7,9,12H,2-3,8,10H2,1H3,(H,21,27)/t12-/m0/s1. The molecule has 0 saturated carbocycles. The molecule has 4 rings (SSSR count). The van der Waals surface area contributed by atoms with Crippen LogP contribution in [-0.4, -0.2) is 38.8 Å². The molecule has 27 heavy (non-hydrogen) atoms. The van der Waals surface area contributed by atoms with Crippen molar-refractivity contribution < 1.29 is 4.79 Å². The number of halogens is 2. The van der Waals surface area contributed by atoms with Gasteiger partial charge in [-0.1, -0.05) is 23.2 Å². The van der Waals surface area contributed by atoms with Gasteiger partial charge < -0.3 is 10.2 Å². The number of amides is 1. The number of fused-ring (bicyclic) bond motifs is 1. The van der Waals surface area contributed by atoms with E-state index >= 15 is 0 Å². The Kier molecular flexibility index (Phi) is 4.88. The van der Waals surface area contributed by atoms with Crippen LogP contribution in [0.2, 0.25) is 10.0 Å². The molecule has 1 atom stereocenters. The van der Waals surface area contributed by atoms with Crippen LogP contribution in [-0.2, 0) is 4.79 Å². The minimum Gasteiger partial charge on any atom is -0.354 e. The first kappa shape index (κ1) is 18.0. The van der Waals surface area contributed by atoms with Gasteiger partial charge >= 0.3 is 0 Å². The summed E-state index contributed by atoms with van der Waals surface area (Å²) in [6.45, 7) is 3.29. The zero-order valence-electron chi connectivity index (χ0n) is 14.7. The van der Waals surface area contributed by atoms with E-state index in [2.05, 4.69) is 25.5 Å². The summed E-state index contributed by atoms with van der Waals surface area (Å²) in [6.07, 6.45) is 1.72. The average Bonchev–Trinajstić information content (AvgIpc) is 3.05. The van der Waals surface area contributed by atoms with E-state index in [1.165, 1.54) is 0 Å². The van der Waals surface area contributed by atoms with Gasteiger partial charge in [-0.2, -0.15) is 4.52 Å². The molecule has 1 N–H and O–H groups in total. The van der Waals surface area contributed by atoms with Crippen molar-refractivity contribution in [2.24, 2.45) is 5.92 Å². The average molecular weight is 405 g/mol. The fourth-order valence-electron chi connectivity index (χ4n) is 3.28. The van der Waals surface area contributed by atoms with Gasteiger partial charge in [-0.25, -0.2) is 0 Å². The van der Waals surface area contributed by atoms with Gasteiger partial charge in [0, 0.05) is 18.1 Å². The van der Waals surface area contributed by atoms with Crippen LogP contribution in [0.4, 0.5) is 11.5 Å². The molecular weight excluding hydrogens is 387 g/mol. The van der Waals surface area contributed by atoms with E-state index in [0.717, 1.165) is 31.0 Å². The van der Waals surface area contributed by atoms with Crippen molar-refractivity contribution in [3.05, 3.63) is 46.2 Å². The van der Waals surface area contributed by atoms with Gasteiger partial charge in [0.2, 0.25) is 5.91 Å². The first-order valence-corrected chi connectivity index (χ1v) is 9.47. The Bertz CT molecular complexity index is 1000. The molecule has 3 aromatic rings. The van der Waals surface area contributed by atoms with Crippen LogP contribution in [0.25, 0.3) is 5.65 Å². The van der Waals surface area contributed by atoms with E-state index < -0.39 is 0 Å². The maximum atomic E-state index is 12.7. The van der Waals surface area contributed by atoms with Crippen LogP contribution in [0.1, 0.15) is 18.7 Å². The lowest BCUT2D eigenvalue weighted by Gasteiger charge is -2.32. The van der Waals surface area contributed by atoms with Crippen molar-refractivity contribution in [2.45, 2.75) is 19.8 Å². The Balaban J connectivity index is 1.50. The number of carbonyl (C=O) groups is 1. The maximum Gasteiger partial charge on any atom is 0.229 e. The van der Waals surface area contributed by atoms with Crippen molar-refractivity contribution in [3.63, 3.8) is 0 Å². The van der Waals surface area contributed by atoms with E-state index in [9.17, 15) is 4.79 Å². The van der Waals surface area contributed by atoms with Crippen LogP contribution in [0.3, 0.4) is 0 Å². The molecule has 0 radical (unpaired) electrons. The topological polar surface area (TPSA) is 75.4 Å². The van der Waals surface area contributed by atoms with Crippen molar-refractivity contribution in [1.29, 1.82) is 0 Å². The van der Waals surface area contributed by atoms with E-state index in [4.69, 9.17) is 23.2 Å². The predicted molar refractivity (Wildman–Crippen MR) is 106 cm³/mol. The highest BCUT2D eigenvalue weighted by atomic mass is 35.5. The number of rotatable bonds is 3. The lowest BCUT2D eigenvalue weighted by Crippen LogP contribution is -2.41. The molecule has 1 aliphatic heterocycles. The monoisotopic (exact) mass is 404 g/mol. The second kappa shape index (κ2) is 7.32. The highest BCUT2D eigenvalue weighted by Gasteiger charge is 2.27. The fraction of sp³-hybridized carbons (Fsp3) is 0.333. The fourth-order valence-corrected chi connectivity index (χ4v) is 3.62. The molecular formula is C18H18Cl2N6O. The normalized spacial score (nSPS) is 17.3. The Labute approximate surface area is 166 Å². The Morgan fingerprint density at radius 2 is 2.07 bits per heavy atom. The molecule has 1 amide bonds. The van der Waals surface area contributed by atoms with Gasteiger partial charge in [-0.05, 0) is 50.1 Å². The molecule has 9 heteroatoms. The number of anilines is 2. The molecule has 1 saturated heterocycles. The summed E-state index contributed by atoms with van der Waals surface area (Å²) >= 11 is 12.2. The minimum absolute atomic E-state index is 0.0644. The summed E-state index contributed by atoms with van der Waals surface area (Å²) in [5, 5.41) is 16.6. The number of nitrogens with zero attached hydrogens (tertiary/aromatic N) is 5. The summed E-state index contributed by atoms with van der Waals surface area (Å²) in [5.41, 5.74) is 1.24. The van der Waals surface area contributed by atoms with Crippen molar-refractivity contribution >= 4 is 46.3 Å². The van der Waals surface area contributed by atoms with Crippen LogP contribution < -0.4 is 10.2 Å². The third kappa shape index (κ3) is 3.70. The quantitative estimate of drug-likeness (QED) is 0.721. The number of benzene rings is 1. The van der Waals surface area contributed by atoms with Gasteiger partial charge in [-0.3, -0.25) is 4.79 Å². The van der Waals surface area contributed by atoms with Gasteiger partial charge in [0.25, 0.3) is 0 Å². The summed E-state index contributed by atoms with van der Waals surface area (Å²) in [6, 6.07) is 8.83. The molecule has 7 nitrogen and oxygen atoms in total. The molecule has 0 aliphatic carbocycles. The number of piperidine rings is 1. The van der Waals surface area contributed by atoms with Crippen LogP contribution in [0.5, 0.6) is 0 Å². The summed E-state index contributed by atoms with van der Waals surface area (Å²) in [5.74, 6) is 1.32. The molecule has 2 aromatic heterocycles. The highest BCUT2D eigenvalue weighted by Crippen LogP contribution is 2.28. The molecule has 140 valence electrons. The maximum absolute atomic E-state index is 12.7. The molecule has 0 spiro atoms. The molecule has 0 bridgehead atoms. The molecule has 3 heterocycles. The largest absolute Gasteiger partial charge is 0.354 e. The lowest BCUT2D eigenvalue weighted by molar-refractivity contribution is -0.120. The van der Waals surface area contributed by atoms with Gasteiger partial charge in [0.05, 0.1) is 16.6 Å². The van der Waals surface area contributed by atoms with Crippen molar-refractivity contribution in [2.75, 3.05) is 23.3 Å². The van der Waals surface area contributed by atoms with Crippen molar-refractivity contribution in [1.82, 2.24) is 19.8 Å². The number of hydrogen-bond donors (Lipinski definition) is 1. The number of aryl methyl sites for hydroxylation is 1. The zero-order chi connectivity index (χ0) is 19.0. The van der Waals surface area contributed by atoms with E-state index in [0.29, 0.717) is 27.9 Å². The number of aromatic nitrogens is 4. The van der Waals surface area contributed by atoms with E-state index in [-0.39, 0.29) is 11.8 Å². The number of hydrogen-bond acceptors (Lipinski definition) is 5. The molecule has 1 aromatic carbocycles. The summed E-state index contributed by atoms with van der Waals surface area (Å²) < 4.78 is 1.71. The molecule has 0 unspecified atom stereocenters. The second-order valence-corrected chi connectivity index (χ2v) is 7.45. The minimum atomic E-state index is -0.159. The smallest absolute Gasteiger partial charge is 0.229 e. The summed E-state index contributed by atoms with van der Waals surface area (Å²) in [4.78, 5) is 14.9. The number of carbonyl (C=O) groups excluding carboxylic acids is 1. The second-order valence-electron chi connectivity index (χ2n) is 6.61. The van der Waals surface area contributed by atoms with Crippen LogP contribution in [0, 0.1) is 12.8 Å². The zero-order valence-corrected chi connectivity index (χ0v) is 16.2. The van der Waals surface area contributed by atoms with E-state index in [1.807, 2.05) is 19.1 Å². The number of nitrogens with one attached hydrogen (secondary N) is 1. The highest BCUT2D eigenvalue weighted by molar-refractivity contribution is 6.35. The third-order valence-electron chi connectivity index (χ3n) is 4.71. The van der Waals surface area contributed by atoms with Gasteiger partial charge in [0.1, 0.15) is 5.82 Å². The van der Waals surface area contributed by atoms with Crippen LogP contribution >= 0.6 is 23.2 Å². The first-order chi connectivity index (χ1) is 13.0. The van der Waals surface area contributed by atoms with Crippen LogP contribution in [0.15, 0.2) is 30.3 Å². The Morgan fingerprint density at radius 3 is 2.93 bits per heavy atom. The lowest BCUT2D eigenvalue weighted by atomic mass is 9.97. The molecule has 1 aliphatic rings. The SMILES string of the molecule is Cc1nnc2ccc(N3CCC[C@H](C(=O)Nc4cc(Cl)ccc4Cl)C3)nn12. The van der Waals surface area contributed by atoms with Gasteiger partial charge in [-0.15, -0.1) is 15.3 Å². The third-order valence-corrected chi connectivity index (χ3v) is 5.27. The summed E-state index contributed by atoms with van der Waals surface area (Å²) in [7, 11) is 0. The molecule has 1 fully saturated rings. The first-order valence-electron chi connectivity index (χ1n) is 8.71. The Morgan fingerprint density at radius 1 is 1.22 bits per heavy atom. The predicted octanol–water partition coefficient (Wildman–Crippen LogP) is 3.59. The van der Waals surface area contributed by atoms with Crippen molar-refractivity contribution in [3.8, 4) is 0 Å². The Hall–Kier alpha value is -2.38.